The van der Waals surface area contributed by atoms with Gasteiger partial charge in [0.1, 0.15) is 0 Å². The van der Waals surface area contributed by atoms with Crippen LogP contribution in [-0.4, -0.2) is 65.3 Å². The van der Waals surface area contributed by atoms with Crippen LogP contribution in [0.15, 0.2) is 30.4 Å². The quantitative estimate of drug-likeness (QED) is 0.786. The van der Waals surface area contributed by atoms with E-state index in [2.05, 4.69) is 21.8 Å². The maximum absolute atomic E-state index is 9.55. The van der Waals surface area contributed by atoms with Crippen LogP contribution in [0.4, 0.5) is 5.13 Å². The highest BCUT2D eigenvalue weighted by Gasteiger charge is 2.17. The first kappa shape index (κ1) is 19.2. The Balaban J connectivity index is 0.000000242. The Labute approximate surface area is 153 Å². The van der Waals surface area contributed by atoms with E-state index in [1.54, 1.807) is 11.3 Å². The van der Waals surface area contributed by atoms with Crippen molar-refractivity contribution < 1.29 is 19.8 Å². The van der Waals surface area contributed by atoms with E-state index in [1.807, 2.05) is 18.2 Å². The fourth-order valence-electron chi connectivity index (χ4n) is 2.16. The number of hydrogen-bond donors (Lipinski definition) is 2. The number of piperazine rings is 1. The SMILES string of the molecule is CN1CCN(c2nc3ccc(Cl)cc3s2)CC1.O=C(O)/C=C/C(=O)O. The Bertz CT molecular complexity index is 769. The van der Waals surface area contributed by atoms with Crippen LogP contribution >= 0.6 is 22.9 Å². The van der Waals surface area contributed by atoms with Crippen molar-refractivity contribution in [3.05, 3.63) is 35.4 Å². The number of nitrogens with zero attached hydrogens (tertiary/aromatic N) is 3. The molecule has 0 amide bonds. The smallest absolute Gasteiger partial charge is 0.328 e. The van der Waals surface area contributed by atoms with Crippen LogP contribution in [0.2, 0.25) is 5.02 Å². The van der Waals surface area contributed by atoms with Crippen LogP contribution in [0, 0.1) is 0 Å². The highest BCUT2D eigenvalue weighted by molar-refractivity contribution is 7.22. The number of hydrogen-bond acceptors (Lipinski definition) is 6. The molecule has 1 aromatic carbocycles. The molecule has 0 atom stereocenters. The summed E-state index contributed by atoms with van der Waals surface area (Å²) in [5.74, 6) is -2.51. The van der Waals surface area contributed by atoms with E-state index in [0.29, 0.717) is 12.2 Å². The van der Waals surface area contributed by atoms with Gasteiger partial charge in [-0.15, -0.1) is 0 Å². The summed E-state index contributed by atoms with van der Waals surface area (Å²) < 4.78 is 1.17. The van der Waals surface area contributed by atoms with Crippen molar-refractivity contribution in [3.8, 4) is 0 Å². The summed E-state index contributed by atoms with van der Waals surface area (Å²) in [6.07, 6.45) is 1.12. The molecule has 25 heavy (non-hydrogen) atoms. The number of halogens is 1. The maximum Gasteiger partial charge on any atom is 0.328 e. The third-order valence-corrected chi connectivity index (χ3v) is 4.80. The number of likely N-dealkylation sites (N-methyl/N-ethyl adjacent to an activating group) is 1. The molecule has 1 aliphatic rings. The molecule has 0 unspecified atom stereocenters. The average molecular weight is 384 g/mol. The molecule has 1 saturated heterocycles. The van der Waals surface area contributed by atoms with Gasteiger partial charge < -0.3 is 20.0 Å². The molecule has 0 bridgehead atoms. The lowest BCUT2D eigenvalue weighted by Crippen LogP contribution is -2.44. The number of carbonyl (C=O) groups is 2. The van der Waals surface area contributed by atoms with Crippen LogP contribution < -0.4 is 4.90 Å². The van der Waals surface area contributed by atoms with E-state index < -0.39 is 11.9 Å². The van der Waals surface area contributed by atoms with E-state index in [4.69, 9.17) is 21.8 Å². The first-order chi connectivity index (χ1) is 11.8. The lowest BCUT2D eigenvalue weighted by molar-refractivity contribution is -0.134. The van der Waals surface area contributed by atoms with Crippen molar-refractivity contribution in [1.82, 2.24) is 9.88 Å². The van der Waals surface area contributed by atoms with Crippen molar-refractivity contribution in [3.63, 3.8) is 0 Å². The largest absolute Gasteiger partial charge is 0.478 e. The molecule has 0 saturated carbocycles. The predicted molar refractivity (Wildman–Crippen MR) is 98.8 cm³/mol. The molecular formula is C16H18ClN3O4S. The topological polar surface area (TPSA) is 94.0 Å². The van der Waals surface area contributed by atoms with Gasteiger partial charge in [0.05, 0.1) is 10.2 Å². The molecule has 9 heteroatoms. The van der Waals surface area contributed by atoms with Crippen molar-refractivity contribution in [2.75, 3.05) is 38.1 Å². The summed E-state index contributed by atoms with van der Waals surface area (Å²) in [6, 6.07) is 5.89. The first-order valence-corrected chi connectivity index (χ1v) is 8.68. The minimum Gasteiger partial charge on any atom is -0.478 e. The maximum atomic E-state index is 9.55. The van der Waals surface area contributed by atoms with Gasteiger partial charge in [0, 0.05) is 43.4 Å². The Morgan fingerprint density at radius 1 is 1.16 bits per heavy atom. The molecule has 1 aliphatic heterocycles. The van der Waals surface area contributed by atoms with Gasteiger partial charge in [-0.2, -0.15) is 0 Å². The van der Waals surface area contributed by atoms with Gasteiger partial charge in [-0.1, -0.05) is 22.9 Å². The third-order valence-electron chi connectivity index (χ3n) is 3.48. The first-order valence-electron chi connectivity index (χ1n) is 7.48. The van der Waals surface area contributed by atoms with Gasteiger partial charge in [0.2, 0.25) is 0 Å². The Hall–Kier alpha value is -2.16. The minimum absolute atomic E-state index is 0.558. The number of carboxylic acid groups (broad SMARTS) is 2. The van der Waals surface area contributed by atoms with Crippen LogP contribution in [0.25, 0.3) is 10.2 Å². The summed E-state index contributed by atoms with van der Waals surface area (Å²) in [4.78, 5) is 28.5. The summed E-state index contributed by atoms with van der Waals surface area (Å²) in [5, 5.41) is 17.5. The molecule has 0 aliphatic carbocycles. The second-order valence-electron chi connectivity index (χ2n) is 5.41. The number of rotatable bonds is 3. The minimum atomic E-state index is -1.26. The van der Waals surface area contributed by atoms with Gasteiger partial charge in [-0.25, -0.2) is 14.6 Å². The molecule has 7 nitrogen and oxygen atoms in total. The molecule has 0 radical (unpaired) electrons. The standard InChI is InChI=1S/C12H14ClN3S.C4H4O4/c1-15-4-6-16(7-5-15)12-14-10-3-2-9(13)8-11(10)17-12;5-3(6)1-2-4(7)8/h2-3,8H,4-7H2,1H3;1-2H,(H,5,6)(H,7,8)/b;2-1+. The molecule has 134 valence electrons. The lowest BCUT2D eigenvalue weighted by atomic mass is 10.3. The highest BCUT2D eigenvalue weighted by atomic mass is 35.5. The van der Waals surface area contributed by atoms with Crippen LogP contribution in [-0.2, 0) is 9.59 Å². The number of carboxylic acids is 2. The van der Waals surface area contributed by atoms with Gasteiger partial charge in [-0.05, 0) is 25.2 Å². The normalized spacial score (nSPS) is 15.2. The second-order valence-corrected chi connectivity index (χ2v) is 6.85. The van der Waals surface area contributed by atoms with E-state index >= 15 is 0 Å². The Morgan fingerprint density at radius 3 is 2.32 bits per heavy atom. The summed E-state index contributed by atoms with van der Waals surface area (Å²) >= 11 is 7.72. The molecule has 3 rings (SSSR count). The number of anilines is 1. The van der Waals surface area contributed by atoms with Crippen molar-refractivity contribution in [2.24, 2.45) is 0 Å². The predicted octanol–water partition coefficient (Wildman–Crippen LogP) is 2.41. The average Bonchev–Trinajstić information content (AvgIpc) is 2.97. The summed E-state index contributed by atoms with van der Waals surface area (Å²) in [7, 11) is 2.16. The highest BCUT2D eigenvalue weighted by Crippen LogP contribution is 2.30. The van der Waals surface area contributed by atoms with E-state index in [1.165, 1.54) is 4.70 Å². The van der Waals surface area contributed by atoms with Gasteiger partial charge in [0.15, 0.2) is 5.13 Å². The van der Waals surface area contributed by atoms with Crippen LogP contribution in [0.1, 0.15) is 0 Å². The number of aromatic nitrogens is 1. The number of fused-ring (bicyclic) bond motifs is 1. The number of aliphatic carboxylic acids is 2. The number of benzene rings is 1. The van der Waals surface area contributed by atoms with Crippen molar-refractivity contribution in [1.29, 1.82) is 0 Å². The van der Waals surface area contributed by atoms with E-state index in [9.17, 15) is 9.59 Å². The molecule has 0 spiro atoms. The van der Waals surface area contributed by atoms with E-state index in [-0.39, 0.29) is 0 Å². The third kappa shape index (κ3) is 6.00. The molecule has 2 aromatic rings. The number of thiazole rings is 1. The van der Waals surface area contributed by atoms with Gasteiger partial charge in [0.25, 0.3) is 0 Å². The van der Waals surface area contributed by atoms with Crippen LogP contribution in [0.5, 0.6) is 0 Å². The zero-order chi connectivity index (χ0) is 18.4. The molecular weight excluding hydrogens is 366 g/mol. The summed E-state index contributed by atoms with van der Waals surface area (Å²) in [5.41, 5.74) is 1.05. The summed E-state index contributed by atoms with van der Waals surface area (Å²) in [6.45, 7) is 4.33. The molecule has 2 N–H and O–H groups in total. The fourth-order valence-corrected chi connectivity index (χ4v) is 3.46. The monoisotopic (exact) mass is 383 g/mol. The van der Waals surface area contributed by atoms with Crippen LogP contribution in [0.3, 0.4) is 0 Å². The zero-order valence-electron chi connectivity index (χ0n) is 13.6. The van der Waals surface area contributed by atoms with Gasteiger partial charge >= 0.3 is 11.9 Å². The zero-order valence-corrected chi connectivity index (χ0v) is 15.1. The van der Waals surface area contributed by atoms with Crippen molar-refractivity contribution >= 4 is 50.2 Å². The fraction of sp³-hybridized carbons (Fsp3) is 0.312. The molecule has 2 heterocycles. The second kappa shape index (κ2) is 8.80. The molecule has 1 aromatic heterocycles. The lowest BCUT2D eigenvalue weighted by Gasteiger charge is -2.31. The van der Waals surface area contributed by atoms with E-state index in [0.717, 1.165) is 41.8 Å². The Kier molecular flexibility index (Phi) is 6.74. The molecule has 1 fully saturated rings. The van der Waals surface area contributed by atoms with Gasteiger partial charge in [-0.3, -0.25) is 0 Å². The van der Waals surface area contributed by atoms with Crippen molar-refractivity contribution in [2.45, 2.75) is 0 Å². The Morgan fingerprint density at radius 2 is 1.76 bits per heavy atom.